The number of carbonyl (C=O) groups is 1. The number of pyridine rings is 1. The van der Waals surface area contributed by atoms with Gasteiger partial charge in [-0.25, -0.2) is 4.98 Å². The van der Waals surface area contributed by atoms with E-state index in [1.807, 2.05) is 58.1 Å². The quantitative estimate of drug-likeness (QED) is 0.685. The van der Waals surface area contributed by atoms with E-state index in [1.165, 1.54) is 5.56 Å². The Morgan fingerprint density at radius 2 is 1.93 bits per heavy atom. The third-order valence-corrected chi connectivity index (χ3v) is 5.22. The van der Waals surface area contributed by atoms with Gasteiger partial charge in [-0.05, 0) is 43.3 Å². The molecule has 0 saturated carbocycles. The summed E-state index contributed by atoms with van der Waals surface area (Å²) in [4.78, 5) is 21.7. The molecule has 28 heavy (non-hydrogen) atoms. The van der Waals surface area contributed by atoms with Crippen molar-refractivity contribution in [2.75, 3.05) is 32.7 Å². The molecule has 3 aromatic rings. The summed E-state index contributed by atoms with van der Waals surface area (Å²) in [7, 11) is 0. The van der Waals surface area contributed by atoms with E-state index in [1.54, 1.807) is 0 Å². The largest absolute Gasteiger partial charge is 0.487 e. The molecule has 0 radical (unpaired) electrons. The van der Waals surface area contributed by atoms with Crippen molar-refractivity contribution in [2.24, 2.45) is 0 Å². The number of imidazole rings is 1. The van der Waals surface area contributed by atoms with Gasteiger partial charge in [0, 0.05) is 44.1 Å². The van der Waals surface area contributed by atoms with Gasteiger partial charge in [0.1, 0.15) is 18.0 Å². The number of nitrogens with zero attached hydrogens (tertiary/aromatic N) is 4. The van der Waals surface area contributed by atoms with Crippen LogP contribution in [0, 0.1) is 6.92 Å². The number of fused-ring (bicyclic) bond motifs is 1. The van der Waals surface area contributed by atoms with Crippen LogP contribution in [0.2, 0.25) is 0 Å². The summed E-state index contributed by atoms with van der Waals surface area (Å²) in [5, 5.41) is 0. The van der Waals surface area contributed by atoms with Gasteiger partial charge in [0.2, 0.25) is 0 Å². The molecule has 6 nitrogen and oxygen atoms in total. The lowest BCUT2D eigenvalue weighted by atomic mass is 10.1. The fraction of sp³-hybridized carbons (Fsp3) is 0.364. The fourth-order valence-corrected chi connectivity index (χ4v) is 3.55. The van der Waals surface area contributed by atoms with Crippen molar-refractivity contribution in [1.29, 1.82) is 0 Å². The van der Waals surface area contributed by atoms with Crippen molar-refractivity contribution in [3.05, 3.63) is 65.6 Å². The number of likely N-dealkylation sites (N-methyl/N-ethyl adjacent to an activating group) is 1. The van der Waals surface area contributed by atoms with Gasteiger partial charge in [0.05, 0.1) is 5.69 Å². The predicted octanol–water partition coefficient (Wildman–Crippen LogP) is 3.00. The average Bonchev–Trinajstić information content (AvgIpc) is 3.14. The zero-order valence-electron chi connectivity index (χ0n) is 16.5. The van der Waals surface area contributed by atoms with Crippen LogP contribution in [0.15, 0.2) is 48.8 Å². The standard InChI is InChI=1S/C22H26N4O2/c1-3-24-9-11-25(12-10-24)22(27)18-5-4-6-20(13-18)28-16-19-15-26-14-17(2)7-8-21(26)23-19/h4-8,13-15H,3,9-12,16H2,1-2H3. The minimum Gasteiger partial charge on any atom is -0.487 e. The summed E-state index contributed by atoms with van der Waals surface area (Å²) in [5.74, 6) is 0.760. The molecule has 1 aliphatic rings. The lowest BCUT2D eigenvalue weighted by Gasteiger charge is -2.34. The molecular weight excluding hydrogens is 352 g/mol. The molecule has 0 N–H and O–H groups in total. The van der Waals surface area contributed by atoms with Crippen LogP contribution in [0.4, 0.5) is 0 Å². The molecule has 6 heteroatoms. The van der Waals surface area contributed by atoms with E-state index in [2.05, 4.69) is 23.7 Å². The van der Waals surface area contributed by atoms with Crippen LogP contribution in [-0.2, 0) is 6.61 Å². The lowest BCUT2D eigenvalue weighted by molar-refractivity contribution is 0.0643. The van der Waals surface area contributed by atoms with Crippen molar-refractivity contribution >= 4 is 11.6 Å². The Bertz CT molecular complexity index is 974. The number of aryl methyl sites for hydroxylation is 1. The first kappa shape index (κ1) is 18.5. The van der Waals surface area contributed by atoms with Gasteiger partial charge in [0.25, 0.3) is 5.91 Å². The summed E-state index contributed by atoms with van der Waals surface area (Å²) in [5.41, 5.74) is 3.62. The zero-order valence-corrected chi connectivity index (χ0v) is 16.5. The van der Waals surface area contributed by atoms with E-state index in [0.29, 0.717) is 17.9 Å². The van der Waals surface area contributed by atoms with Gasteiger partial charge in [-0.1, -0.05) is 19.1 Å². The second kappa shape index (κ2) is 8.02. The third-order valence-electron chi connectivity index (χ3n) is 5.22. The summed E-state index contributed by atoms with van der Waals surface area (Å²) < 4.78 is 7.91. The SMILES string of the molecule is CCN1CCN(C(=O)c2cccc(OCc3cn4cc(C)ccc4n3)c2)CC1. The lowest BCUT2D eigenvalue weighted by Crippen LogP contribution is -2.48. The van der Waals surface area contributed by atoms with E-state index < -0.39 is 0 Å². The maximum Gasteiger partial charge on any atom is 0.254 e. The maximum absolute atomic E-state index is 12.8. The Morgan fingerprint density at radius 3 is 2.71 bits per heavy atom. The first-order chi connectivity index (χ1) is 13.6. The summed E-state index contributed by atoms with van der Waals surface area (Å²) >= 11 is 0. The highest BCUT2D eigenvalue weighted by Gasteiger charge is 2.21. The van der Waals surface area contributed by atoms with E-state index in [-0.39, 0.29) is 5.91 Å². The van der Waals surface area contributed by atoms with Crippen molar-refractivity contribution in [3.8, 4) is 5.75 Å². The molecular formula is C22H26N4O2. The number of carbonyl (C=O) groups excluding carboxylic acids is 1. The van der Waals surface area contributed by atoms with Crippen LogP contribution in [0.5, 0.6) is 5.75 Å². The molecule has 4 rings (SSSR count). The number of amides is 1. The number of piperazine rings is 1. The molecule has 1 fully saturated rings. The maximum atomic E-state index is 12.8. The predicted molar refractivity (Wildman–Crippen MR) is 109 cm³/mol. The van der Waals surface area contributed by atoms with Crippen LogP contribution in [0.25, 0.3) is 5.65 Å². The minimum atomic E-state index is 0.0735. The molecule has 1 saturated heterocycles. The molecule has 1 aliphatic heterocycles. The van der Waals surface area contributed by atoms with E-state index in [9.17, 15) is 4.79 Å². The highest BCUT2D eigenvalue weighted by Crippen LogP contribution is 2.18. The van der Waals surface area contributed by atoms with E-state index in [0.717, 1.165) is 44.1 Å². The Balaban J connectivity index is 1.41. The Hall–Kier alpha value is -2.86. The molecule has 0 bridgehead atoms. The summed E-state index contributed by atoms with van der Waals surface area (Å²) in [6, 6.07) is 11.5. The van der Waals surface area contributed by atoms with Crippen LogP contribution in [0.1, 0.15) is 28.5 Å². The van der Waals surface area contributed by atoms with Crippen molar-refractivity contribution < 1.29 is 9.53 Å². The second-order valence-corrected chi connectivity index (χ2v) is 7.25. The van der Waals surface area contributed by atoms with Gasteiger partial charge < -0.3 is 18.9 Å². The molecule has 2 aromatic heterocycles. The number of aromatic nitrogens is 2. The molecule has 0 spiro atoms. The summed E-state index contributed by atoms with van der Waals surface area (Å²) in [6.45, 7) is 9.04. The number of ether oxygens (including phenoxy) is 1. The van der Waals surface area contributed by atoms with Crippen LogP contribution >= 0.6 is 0 Å². The number of benzene rings is 1. The molecule has 1 aromatic carbocycles. The van der Waals surface area contributed by atoms with Crippen LogP contribution in [-0.4, -0.2) is 57.8 Å². The van der Waals surface area contributed by atoms with Gasteiger partial charge in [-0.15, -0.1) is 0 Å². The Morgan fingerprint density at radius 1 is 1.11 bits per heavy atom. The average molecular weight is 378 g/mol. The topological polar surface area (TPSA) is 50.1 Å². The Labute approximate surface area is 165 Å². The molecule has 0 aliphatic carbocycles. The zero-order chi connectivity index (χ0) is 19.5. The van der Waals surface area contributed by atoms with Crippen molar-refractivity contribution in [3.63, 3.8) is 0 Å². The number of rotatable bonds is 5. The molecule has 0 unspecified atom stereocenters. The highest BCUT2D eigenvalue weighted by atomic mass is 16.5. The normalized spacial score (nSPS) is 15.1. The molecule has 146 valence electrons. The smallest absolute Gasteiger partial charge is 0.254 e. The fourth-order valence-electron chi connectivity index (χ4n) is 3.55. The summed E-state index contributed by atoms with van der Waals surface area (Å²) in [6.07, 6.45) is 4.02. The van der Waals surface area contributed by atoms with E-state index in [4.69, 9.17) is 4.74 Å². The van der Waals surface area contributed by atoms with Crippen molar-refractivity contribution in [2.45, 2.75) is 20.5 Å². The second-order valence-electron chi connectivity index (χ2n) is 7.25. The van der Waals surface area contributed by atoms with E-state index >= 15 is 0 Å². The highest BCUT2D eigenvalue weighted by molar-refractivity contribution is 5.94. The van der Waals surface area contributed by atoms with Gasteiger partial charge in [-0.2, -0.15) is 0 Å². The Kier molecular flexibility index (Phi) is 5.30. The molecule has 0 atom stereocenters. The first-order valence-electron chi connectivity index (χ1n) is 9.81. The number of hydrogen-bond donors (Lipinski definition) is 0. The van der Waals surface area contributed by atoms with Gasteiger partial charge in [-0.3, -0.25) is 4.79 Å². The minimum absolute atomic E-state index is 0.0735. The van der Waals surface area contributed by atoms with Gasteiger partial charge in [0.15, 0.2) is 0 Å². The van der Waals surface area contributed by atoms with Crippen LogP contribution < -0.4 is 4.74 Å². The molecule has 1 amide bonds. The van der Waals surface area contributed by atoms with Crippen molar-refractivity contribution in [1.82, 2.24) is 19.2 Å². The van der Waals surface area contributed by atoms with Crippen LogP contribution in [0.3, 0.4) is 0 Å². The molecule has 3 heterocycles. The number of hydrogen-bond acceptors (Lipinski definition) is 4. The monoisotopic (exact) mass is 378 g/mol. The first-order valence-corrected chi connectivity index (χ1v) is 9.81. The third kappa shape index (κ3) is 4.02. The van der Waals surface area contributed by atoms with Gasteiger partial charge >= 0.3 is 0 Å².